The predicted molar refractivity (Wildman–Crippen MR) is 75.2 cm³/mol. The third kappa shape index (κ3) is 2.35. The second kappa shape index (κ2) is 5.15. The Bertz CT molecular complexity index is 275. The third-order valence-corrected chi connectivity index (χ3v) is 6.51. The van der Waals surface area contributed by atoms with E-state index in [0.29, 0.717) is 11.8 Å². The molecule has 3 aliphatic rings. The molecular formula is C17H30O. The Labute approximate surface area is 112 Å². The van der Waals surface area contributed by atoms with Gasteiger partial charge in [-0.3, -0.25) is 0 Å². The number of rotatable bonds is 1. The molecule has 0 radical (unpaired) electrons. The average molecular weight is 250 g/mol. The van der Waals surface area contributed by atoms with E-state index in [2.05, 4.69) is 13.8 Å². The Balaban J connectivity index is 1.61. The van der Waals surface area contributed by atoms with E-state index in [9.17, 15) is 5.11 Å². The Kier molecular flexibility index (Phi) is 3.71. The maximum Gasteiger partial charge on any atom is 0.0591 e. The summed E-state index contributed by atoms with van der Waals surface area (Å²) in [5.41, 5.74) is 0. The lowest BCUT2D eigenvalue weighted by Crippen LogP contribution is -2.38. The Morgan fingerprint density at radius 1 is 0.667 bits per heavy atom. The third-order valence-electron chi connectivity index (χ3n) is 6.51. The molecule has 3 rings (SSSR count). The van der Waals surface area contributed by atoms with Crippen molar-refractivity contribution in [2.24, 2.45) is 35.5 Å². The van der Waals surface area contributed by atoms with Gasteiger partial charge in [0.05, 0.1) is 6.10 Å². The molecule has 0 amide bonds. The second-order valence-electron chi connectivity index (χ2n) is 7.70. The number of aliphatic hydroxyl groups excluding tert-OH is 1. The molecule has 0 aliphatic heterocycles. The van der Waals surface area contributed by atoms with Gasteiger partial charge in [-0.25, -0.2) is 0 Å². The summed E-state index contributed by atoms with van der Waals surface area (Å²) >= 11 is 0. The van der Waals surface area contributed by atoms with Crippen molar-refractivity contribution in [2.45, 2.75) is 71.3 Å². The summed E-state index contributed by atoms with van der Waals surface area (Å²) in [6.07, 6.45) is 11.6. The molecule has 1 N–H and O–H groups in total. The fourth-order valence-electron chi connectivity index (χ4n) is 5.44. The van der Waals surface area contributed by atoms with Gasteiger partial charge in [0.25, 0.3) is 0 Å². The minimum Gasteiger partial charge on any atom is -0.393 e. The van der Waals surface area contributed by atoms with Crippen molar-refractivity contribution in [2.75, 3.05) is 0 Å². The van der Waals surface area contributed by atoms with Crippen LogP contribution in [0, 0.1) is 35.5 Å². The van der Waals surface area contributed by atoms with Crippen LogP contribution in [0.25, 0.3) is 0 Å². The Hall–Kier alpha value is -0.0400. The van der Waals surface area contributed by atoms with E-state index in [1.807, 2.05) is 0 Å². The van der Waals surface area contributed by atoms with Crippen molar-refractivity contribution in [3.8, 4) is 0 Å². The number of fused-ring (bicyclic) bond motifs is 1. The highest BCUT2D eigenvalue weighted by atomic mass is 16.3. The van der Waals surface area contributed by atoms with Gasteiger partial charge in [0.1, 0.15) is 0 Å². The fraction of sp³-hybridized carbons (Fsp3) is 1.00. The summed E-state index contributed by atoms with van der Waals surface area (Å²) in [4.78, 5) is 0. The van der Waals surface area contributed by atoms with Crippen LogP contribution in [0.1, 0.15) is 65.2 Å². The minimum atomic E-state index is -0.0379. The molecule has 3 aliphatic carbocycles. The molecule has 5 atom stereocenters. The normalized spacial score (nSPS) is 53.2. The maximum atomic E-state index is 10.1. The first-order chi connectivity index (χ1) is 8.65. The van der Waals surface area contributed by atoms with E-state index in [1.54, 1.807) is 0 Å². The molecule has 0 aromatic carbocycles. The molecule has 0 spiro atoms. The molecule has 5 unspecified atom stereocenters. The summed E-state index contributed by atoms with van der Waals surface area (Å²) in [5.74, 6) is 5.12. The number of hydrogen-bond donors (Lipinski definition) is 1. The molecule has 3 fully saturated rings. The van der Waals surface area contributed by atoms with Crippen LogP contribution < -0.4 is 0 Å². The van der Waals surface area contributed by atoms with Crippen molar-refractivity contribution in [3.05, 3.63) is 0 Å². The van der Waals surface area contributed by atoms with E-state index in [4.69, 9.17) is 0 Å². The molecule has 0 bridgehead atoms. The zero-order valence-corrected chi connectivity index (χ0v) is 12.1. The molecule has 0 saturated heterocycles. The van der Waals surface area contributed by atoms with E-state index < -0.39 is 0 Å². The fourth-order valence-corrected chi connectivity index (χ4v) is 5.44. The SMILES string of the molecule is CC1CC(C2CCC3CCCC3C2)CC(C)C1O. The first-order valence-corrected chi connectivity index (χ1v) is 8.33. The van der Waals surface area contributed by atoms with Crippen molar-refractivity contribution in [1.82, 2.24) is 0 Å². The van der Waals surface area contributed by atoms with Gasteiger partial charge in [-0.1, -0.05) is 33.1 Å². The van der Waals surface area contributed by atoms with Gasteiger partial charge in [-0.05, 0) is 67.6 Å². The summed E-state index contributed by atoms with van der Waals surface area (Å²) in [6.45, 7) is 4.52. The zero-order chi connectivity index (χ0) is 12.7. The van der Waals surface area contributed by atoms with Crippen molar-refractivity contribution in [1.29, 1.82) is 0 Å². The lowest BCUT2D eigenvalue weighted by atomic mass is 9.64. The standard InChI is InChI=1S/C17H30O/c1-11-8-16(9-12(2)17(11)18)15-7-6-13-4-3-5-14(13)10-15/h11-18H,3-10H2,1-2H3. The highest BCUT2D eigenvalue weighted by molar-refractivity contribution is 4.91. The molecule has 104 valence electrons. The number of hydrogen-bond acceptors (Lipinski definition) is 1. The molecule has 1 nitrogen and oxygen atoms in total. The van der Waals surface area contributed by atoms with Gasteiger partial charge in [-0.15, -0.1) is 0 Å². The molecule has 3 saturated carbocycles. The highest BCUT2D eigenvalue weighted by Crippen LogP contribution is 2.49. The van der Waals surface area contributed by atoms with E-state index in [1.165, 1.54) is 51.4 Å². The second-order valence-corrected chi connectivity index (χ2v) is 7.70. The zero-order valence-electron chi connectivity index (χ0n) is 12.1. The van der Waals surface area contributed by atoms with Crippen LogP contribution in [0.5, 0.6) is 0 Å². The summed E-state index contributed by atoms with van der Waals surface area (Å²) in [7, 11) is 0. The van der Waals surface area contributed by atoms with E-state index >= 15 is 0 Å². The number of aliphatic hydroxyl groups is 1. The molecule has 1 heteroatoms. The molecule has 0 heterocycles. The quantitative estimate of drug-likeness (QED) is 0.738. The van der Waals surface area contributed by atoms with Gasteiger partial charge < -0.3 is 5.11 Å². The summed E-state index contributed by atoms with van der Waals surface area (Å²) in [6, 6.07) is 0. The average Bonchev–Trinajstić information content (AvgIpc) is 2.82. The van der Waals surface area contributed by atoms with Gasteiger partial charge in [0.2, 0.25) is 0 Å². The molecule has 18 heavy (non-hydrogen) atoms. The predicted octanol–water partition coefficient (Wildman–Crippen LogP) is 4.25. The lowest BCUT2D eigenvalue weighted by Gasteiger charge is -2.43. The lowest BCUT2D eigenvalue weighted by molar-refractivity contribution is -0.0119. The van der Waals surface area contributed by atoms with Crippen LogP contribution in [0.15, 0.2) is 0 Å². The topological polar surface area (TPSA) is 20.2 Å². The van der Waals surface area contributed by atoms with Crippen molar-refractivity contribution >= 4 is 0 Å². The van der Waals surface area contributed by atoms with Crippen molar-refractivity contribution < 1.29 is 5.11 Å². The highest BCUT2D eigenvalue weighted by Gasteiger charge is 2.40. The van der Waals surface area contributed by atoms with Gasteiger partial charge in [0.15, 0.2) is 0 Å². The molecule has 0 aromatic rings. The van der Waals surface area contributed by atoms with Crippen LogP contribution in [0.2, 0.25) is 0 Å². The van der Waals surface area contributed by atoms with E-state index in [-0.39, 0.29) is 6.10 Å². The van der Waals surface area contributed by atoms with Crippen LogP contribution in [0.3, 0.4) is 0 Å². The Morgan fingerprint density at radius 2 is 1.22 bits per heavy atom. The van der Waals surface area contributed by atoms with Crippen LogP contribution in [0.4, 0.5) is 0 Å². The monoisotopic (exact) mass is 250 g/mol. The van der Waals surface area contributed by atoms with Gasteiger partial charge >= 0.3 is 0 Å². The Morgan fingerprint density at radius 3 is 1.94 bits per heavy atom. The summed E-state index contributed by atoms with van der Waals surface area (Å²) < 4.78 is 0. The smallest absolute Gasteiger partial charge is 0.0591 e. The van der Waals surface area contributed by atoms with Gasteiger partial charge in [0, 0.05) is 0 Å². The molecular weight excluding hydrogens is 220 g/mol. The van der Waals surface area contributed by atoms with E-state index in [0.717, 1.165) is 23.7 Å². The maximum absolute atomic E-state index is 10.1. The first-order valence-electron chi connectivity index (χ1n) is 8.33. The largest absolute Gasteiger partial charge is 0.393 e. The van der Waals surface area contributed by atoms with Gasteiger partial charge in [-0.2, -0.15) is 0 Å². The summed E-state index contributed by atoms with van der Waals surface area (Å²) in [5, 5.41) is 10.1. The first kappa shape index (κ1) is 13.0. The molecule has 0 aromatic heterocycles. The van der Waals surface area contributed by atoms with Crippen LogP contribution in [-0.2, 0) is 0 Å². The van der Waals surface area contributed by atoms with Crippen molar-refractivity contribution in [3.63, 3.8) is 0 Å². The van der Waals surface area contributed by atoms with Crippen LogP contribution >= 0.6 is 0 Å². The minimum absolute atomic E-state index is 0.0379. The van der Waals surface area contributed by atoms with Crippen LogP contribution in [-0.4, -0.2) is 11.2 Å².